The first-order valence-electron chi connectivity index (χ1n) is 13.4. The molecule has 7 nitrogen and oxygen atoms in total. The normalized spacial score (nSPS) is 16.5. The second-order valence-electron chi connectivity index (χ2n) is 10.7. The van der Waals surface area contributed by atoms with Crippen LogP contribution in [-0.4, -0.2) is 48.2 Å². The zero-order valence-corrected chi connectivity index (χ0v) is 21.3. The summed E-state index contributed by atoms with van der Waals surface area (Å²) >= 11 is 0. The molecule has 8 heteroatoms. The highest BCUT2D eigenvalue weighted by Gasteiger charge is 2.30. The highest BCUT2D eigenvalue weighted by Crippen LogP contribution is 2.36. The van der Waals surface area contributed by atoms with Crippen molar-refractivity contribution < 1.29 is 9.18 Å². The van der Waals surface area contributed by atoms with Gasteiger partial charge in [-0.1, -0.05) is 18.2 Å². The molecule has 5 aromatic rings. The number of nitrogens with zero attached hydrogens (tertiary/aromatic N) is 6. The summed E-state index contributed by atoms with van der Waals surface area (Å²) in [5, 5.41) is 5.36. The van der Waals surface area contributed by atoms with Gasteiger partial charge >= 0.3 is 0 Å². The molecule has 192 valence electrons. The first kappa shape index (κ1) is 23.1. The molecule has 2 aliphatic rings. The van der Waals surface area contributed by atoms with Gasteiger partial charge in [0, 0.05) is 37.1 Å². The Morgan fingerprint density at radius 1 is 1.03 bits per heavy atom. The Bertz CT molecular complexity index is 1680. The van der Waals surface area contributed by atoms with Gasteiger partial charge in [-0.15, -0.1) is 0 Å². The number of aryl methyl sites for hydroxylation is 1. The fraction of sp³-hybridized carbons (Fsp3) is 0.333. The summed E-state index contributed by atoms with van der Waals surface area (Å²) in [5.74, 6) is 1.94. The number of pyridine rings is 1. The lowest BCUT2D eigenvalue weighted by Gasteiger charge is -2.32. The second-order valence-corrected chi connectivity index (χ2v) is 10.7. The average Bonchev–Trinajstić information content (AvgIpc) is 3.61. The molecule has 3 aromatic heterocycles. The Kier molecular flexibility index (Phi) is 5.49. The van der Waals surface area contributed by atoms with Crippen LogP contribution in [0.1, 0.15) is 53.5 Å². The molecule has 0 radical (unpaired) electrons. The van der Waals surface area contributed by atoms with E-state index >= 15 is 0 Å². The molecule has 2 fully saturated rings. The quantitative estimate of drug-likeness (QED) is 0.308. The first-order valence-corrected chi connectivity index (χ1v) is 13.4. The maximum Gasteiger partial charge on any atom is 0.255 e. The molecular weight excluding hydrogens is 479 g/mol. The van der Waals surface area contributed by atoms with Crippen LogP contribution in [0.5, 0.6) is 0 Å². The van der Waals surface area contributed by atoms with Crippen LogP contribution in [0.3, 0.4) is 0 Å². The van der Waals surface area contributed by atoms with E-state index in [4.69, 9.17) is 4.98 Å². The highest BCUT2D eigenvalue weighted by molar-refractivity contribution is 5.97. The van der Waals surface area contributed by atoms with Gasteiger partial charge in [0.1, 0.15) is 11.6 Å². The number of rotatable bonds is 5. The third kappa shape index (κ3) is 4.04. The summed E-state index contributed by atoms with van der Waals surface area (Å²) in [6, 6.07) is 16.5. The molecule has 0 spiro atoms. The number of piperidine rings is 1. The van der Waals surface area contributed by atoms with E-state index in [2.05, 4.69) is 38.9 Å². The summed E-state index contributed by atoms with van der Waals surface area (Å²) in [5.41, 5.74) is 4.80. The van der Waals surface area contributed by atoms with E-state index in [1.165, 1.54) is 36.3 Å². The summed E-state index contributed by atoms with van der Waals surface area (Å²) in [6.45, 7) is 4.31. The van der Waals surface area contributed by atoms with E-state index in [0.717, 1.165) is 41.9 Å². The van der Waals surface area contributed by atoms with Crippen molar-refractivity contribution >= 4 is 28.0 Å². The summed E-state index contributed by atoms with van der Waals surface area (Å²) in [6.07, 6.45) is 6.01. The van der Waals surface area contributed by atoms with Crippen molar-refractivity contribution in [3.8, 4) is 5.69 Å². The number of para-hydroxylation sites is 2. The SMILES string of the molecule is Cc1nn(-c2cccc(F)c2)c2ncc(C(=O)N3CCC(c4nc5ccccc5n4CC4CC4)CC3)cc12. The Labute approximate surface area is 219 Å². The average molecular weight is 509 g/mol. The number of amides is 1. The molecule has 7 rings (SSSR count). The van der Waals surface area contributed by atoms with E-state index in [0.29, 0.717) is 35.9 Å². The highest BCUT2D eigenvalue weighted by atomic mass is 19.1. The van der Waals surface area contributed by atoms with Crippen molar-refractivity contribution in [1.82, 2.24) is 29.2 Å². The third-order valence-corrected chi connectivity index (χ3v) is 7.98. The Morgan fingerprint density at radius 3 is 2.63 bits per heavy atom. The molecule has 1 aliphatic heterocycles. The molecule has 0 atom stereocenters. The number of imidazole rings is 1. The van der Waals surface area contributed by atoms with Gasteiger partial charge in [-0.2, -0.15) is 5.10 Å². The lowest BCUT2D eigenvalue weighted by atomic mass is 9.95. The minimum absolute atomic E-state index is 0.0118. The van der Waals surface area contributed by atoms with Crippen molar-refractivity contribution in [3.63, 3.8) is 0 Å². The second kappa shape index (κ2) is 9.04. The number of likely N-dealkylation sites (tertiary alicyclic amines) is 1. The Balaban J connectivity index is 1.11. The largest absolute Gasteiger partial charge is 0.339 e. The third-order valence-electron chi connectivity index (χ3n) is 7.98. The van der Waals surface area contributed by atoms with Gasteiger partial charge in [-0.3, -0.25) is 4.79 Å². The molecular formula is C30H29FN6O. The van der Waals surface area contributed by atoms with Crippen LogP contribution < -0.4 is 0 Å². The van der Waals surface area contributed by atoms with Crippen LogP contribution in [0.25, 0.3) is 27.8 Å². The topological polar surface area (TPSA) is 68.8 Å². The number of fused-ring (bicyclic) bond motifs is 2. The van der Waals surface area contributed by atoms with Crippen LogP contribution in [0, 0.1) is 18.7 Å². The first-order chi connectivity index (χ1) is 18.5. The van der Waals surface area contributed by atoms with Crippen molar-refractivity contribution in [1.29, 1.82) is 0 Å². The molecule has 0 unspecified atom stereocenters. The monoisotopic (exact) mass is 508 g/mol. The predicted octanol–water partition coefficient (Wildman–Crippen LogP) is 5.65. The lowest BCUT2D eigenvalue weighted by Crippen LogP contribution is -2.38. The maximum atomic E-state index is 13.8. The number of halogens is 1. The molecule has 1 saturated heterocycles. The fourth-order valence-electron chi connectivity index (χ4n) is 5.73. The van der Waals surface area contributed by atoms with Crippen molar-refractivity contribution in [2.24, 2.45) is 5.92 Å². The summed E-state index contributed by atoms with van der Waals surface area (Å²) in [4.78, 5) is 25.0. The van der Waals surface area contributed by atoms with E-state index < -0.39 is 0 Å². The number of benzene rings is 2. The summed E-state index contributed by atoms with van der Waals surface area (Å²) in [7, 11) is 0. The number of hydrogen-bond donors (Lipinski definition) is 0. The Morgan fingerprint density at radius 2 is 1.84 bits per heavy atom. The van der Waals surface area contributed by atoms with Gasteiger partial charge < -0.3 is 9.47 Å². The number of carbonyl (C=O) groups excluding carboxylic acids is 1. The van der Waals surface area contributed by atoms with Gasteiger partial charge in [0.15, 0.2) is 5.65 Å². The fourth-order valence-corrected chi connectivity index (χ4v) is 5.73. The minimum Gasteiger partial charge on any atom is -0.339 e. The molecule has 4 heterocycles. The van der Waals surface area contributed by atoms with Crippen LogP contribution >= 0.6 is 0 Å². The van der Waals surface area contributed by atoms with Gasteiger partial charge in [-0.25, -0.2) is 19.0 Å². The molecule has 38 heavy (non-hydrogen) atoms. The molecule has 1 amide bonds. The van der Waals surface area contributed by atoms with Crippen LogP contribution in [-0.2, 0) is 6.54 Å². The Hall–Kier alpha value is -4.07. The van der Waals surface area contributed by atoms with E-state index in [9.17, 15) is 9.18 Å². The van der Waals surface area contributed by atoms with Gasteiger partial charge in [0.25, 0.3) is 5.91 Å². The predicted molar refractivity (Wildman–Crippen MR) is 144 cm³/mol. The number of hydrogen-bond acceptors (Lipinski definition) is 4. The molecule has 1 aliphatic carbocycles. The van der Waals surface area contributed by atoms with E-state index in [1.54, 1.807) is 23.0 Å². The molecule has 2 aromatic carbocycles. The van der Waals surface area contributed by atoms with Gasteiger partial charge in [-0.05, 0) is 74.9 Å². The van der Waals surface area contributed by atoms with E-state index in [1.807, 2.05) is 17.9 Å². The van der Waals surface area contributed by atoms with Crippen molar-refractivity contribution in [3.05, 3.63) is 83.7 Å². The maximum absolute atomic E-state index is 13.8. The van der Waals surface area contributed by atoms with Gasteiger partial charge in [0.05, 0.1) is 28.0 Å². The lowest BCUT2D eigenvalue weighted by molar-refractivity contribution is 0.0710. The zero-order valence-electron chi connectivity index (χ0n) is 21.3. The van der Waals surface area contributed by atoms with Crippen LogP contribution in [0.4, 0.5) is 4.39 Å². The summed E-state index contributed by atoms with van der Waals surface area (Å²) < 4.78 is 17.9. The zero-order chi connectivity index (χ0) is 25.8. The smallest absolute Gasteiger partial charge is 0.255 e. The molecule has 0 N–H and O–H groups in total. The minimum atomic E-state index is -0.331. The van der Waals surface area contributed by atoms with E-state index in [-0.39, 0.29) is 11.7 Å². The molecule has 0 bridgehead atoms. The number of aromatic nitrogens is 5. The van der Waals surface area contributed by atoms with Gasteiger partial charge in [0.2, 0.25) is 0 Å². The van der Waals surface area contributed by atoms with Crippen molar-refractivity contribution in [2.75, 3.05) is 13.1 Å². The van der Waals surface area contributed by atoms with Crippen LogP contribution in [0.15, 0.2) is 60.8 Å². The number of carbonyl (C=O) groups is 1. The van der Waals surface area contributed by atoms with Crippen LogP contribution in [0.2, 0.25) is 0 Å². The standard InChI is InChI=1S/C30H29FN6O/c1-19-25-15-22(17-32-29(25)37(34-19)24-6-4-5-23(31)16-24)30(38)35-13-11-21(12-14-35)28-33-26-7-2-3-8-27(26)36(28)18-20-9-10-20/h2-8,15-17,20-21H,9-14,18H2,1H3. The van der Waals surface area contributed by atoms with Crippen molar-refractivity contribution in [2.45, 2.75) is 45.1 Å². The molecule has 1 saturated carbocycles.